The summed E-state index contributed by atoms with van der Waals surface area (Å²) in [6, 6.07) is 9.76. The molecule has 2 N–H and O–H groups in total. The van der Waals surface area contributed by atoms with Crippen molar-refractivity contribution in [2.24, 2.45) is 0 Å². The number of benzene rings is 1. The fourth-order valence-electron chi connectivity index (χ4n) is 1.85. The third-order valence-electron chi connectivity index (χ3n) is 3.19. The molecule has 1 rings (SSSR count). The third kappa shape index (κ3) is 8.52. The van der Waals surface area contributed by atoms with Crippen LogP contribution in [0.25, 0.3) is 0 Å². The normalized spacial score (nSPS) is 13.3. The number of unbranched alkanes of at least 4 members (excludes halogenated alkanes) is 3. The molecule has 0 saturated heterocycles. The molecule has 0 aliphatic carbocycles. The number of aliphatic hydroxyl groups is 2. The molecule has 0 bridgehead atoms. The summed E-state index contributed by atoms with van der Waals surface area (Å²) >= 11 is 0. The van der Waals surface area contributed by atoms with E-state index in [1.54, 1.807) is 0 Å². The molecule has 2 atom stereocenters. The van der Waals surface area contributed by atoms with Crippen molar-refractivity contribution in [2.75, 3.05) is 6.61 Å². The number of hydrogen-bond donors (Lipinski definition) is 2. The van der Waals surface area contributed by atoms with E-state index >= 15 is 0 Å². The van der Waals surface area contributed by atoms with Gasteiger partial charge in [-0.1, -0.05) is 50.1 Å². The highest BCUT2D eigenvalue weighted by Crippen LogP contribution is 2.04. The molecule has 0 fully saturated rings. The van der Waals surface area contributed by atoms with Crippen LogP contribution < -0.4 is 0 Å². The molecule has 0 spiro atoms. The first-order valence-corrected chi connectivity index (χ1v) is 7.67. The Balaban J connectivity index is 2.14. The van der Waals surface area contributed by atoms with E-state index in [-0.39, 0.29) is 6.61 Å². The summed E-state index contributed by atoms with van der Waals surface area (Å²) in [4.78, 5) is 0. The van der Waals surface area contributed by atoms with E-state index in [1.807, 2.05) is 30.3 Å². The van der Waals surface area contributed by atoms with Crippen molar-refractivity contribution in [3.05, 3.63) is 35.9 Å². The van der Waals surface area contributed by atoms with Crippen molar-refractivity contribution in [3.8, 4) is 11.8 Å². The van der Waals surface area contributed by atoms with Gasteiger partial charge in [-0.15, -0.1) is 11.8 Å². The van der Waals surface area contributed by atoms with E-state index in [2.05, 4.69) is 18.8 Å². The summed E-state index contributed by atoms with van der Waals surface area (Å²) < 4.78 is 5.40. The van der Waals surface area contributed by atoms with Crippen LogP contribution >= 0.6 is 0 Å². The molecule has 0 aliphatic heterocycles. The van der Waals surface area contributed by atoms with Crippen LogP contribution in [0.1, 0.15) is 44.6 Å². The Bertz CT molecular complexity index is 419. The minimum Gasteiger partial charge on any atom is -0.389 e. The molecule has 3 heteroatoms. The SMILES string of the molecule is CCCCCC#CC[C@@H](O)[C@@H](O)COCc1ccccc1. The first-order valence-electron chi connectivity index (χ1n) is 7.67. The highest BCUT2D eigenvalue weighted by Gasteiger charge is 2.15. The summed E-state index contributed by atoms with van der Waals surface area (Å²) in [5, 5.41) is 19.6. The standard InChI is InChI=1S/C18H26O3/c1-2-3-4-5-6-10-13-17(19)18(20)15-21-14-16-11-8-7-9-12-16/h7-9,11-12,17-20H,2-5,13-15H2,1H3/t17-,18+/m1/s1. The maximum atomic E-state index is 9.79. The summed E-state index contributed by atoms with van der Waals surface area (Å²) in [6.45, 7) is 2.71. The number of aliphatic hydroxyl groups excluding tert-OH is 2. The van der Waals surface area contributed by atoms with Crippen molar-refractivity contribution < 1.29 is 14.9 Å². The Morgan fingerprint density at radius 3 is 2.52 bits per heavy atom. The second-order valence-electron chi connectivity index (χ2n) is 5.15. The first-order chi connectivity index (χ1) is 10.2. The molecule has 0 saturated carbocycles. The van der Waals surface area contributed by atoms with Gasteiger partial charge in [-0.3, -0.25) is 0 Å². The number of rotatable bonds is 9. The molecule has 1 aromatic carbocycles. The monoisotopic (exact) mass is 290 g/mol. The lowest BCUT2D eigenvalue weighted by molar-refractivity contribution is -0.0399. The van der Waals surface area contributed by atoms with E-state index in [1.165, 1.54) is 12.8 Å². The Kier molecular flexibility index (Phi) is 9.56. The summed E-state index contributed by atoms with van der Waals surface area (Å²) in [7, 11) is 0. The van der Waals surface area contributed by atoms with Crippen LogP contribution in [0.2, 0.25) is 0 Å². The minimum absolute atomic E-state index is 0.119. The Labute approximate surface area is 128 Å². The van der Waals surface area contributed by atoms with E-state index in [0.29, 0.717) is 13.0 Å². The lowest BCUT2D eigenvalue weighted by Gasteiger charge is -2.15. The predicted octanol–water partition coefficient (Wildman–Crippen LogP) is 2.90. The van der Waals surface area contributed by atoms with Crippen molar-refractivity contribution in [1.82, 2.24) is 0 Å². The number of hydrogen-bond acceptors (Lipinski definition) is 3. The van der Waals surface area contributed by atoms with Gasteiger partial charge in [-0.2, -0.15) is 0 Å². The van der Waals surface area contributed by atoms with Gasteiger partial charge in [-0.05, 0) is 12.0 Å². The molecule has 0 aromatic heterocycles. The van der Waals surface area contributed by atoms with Gasteiger partial charge in [0.1, 0.15) is 6.10 Å². The van der Waals surface area contributed by atoms with Crippen LogP contribution in [0.15, 0.2) is 30.3 Å². The van der Waals surface area contributed by atoms with Gasteiger partial charge in [0, 0.05) is 12.8 Å². The highest BCUT2D eigenvalue weighted by atomic mass is 16.5. The second kappa shape index (κ2) is 11.3. The first kappa shape index (κ1) is 17.7. The molecule has 0 radical (unpaired) electrons. The molecule has 0 aliphatic rings. The van der Waals surface area contributed by atoms with Gasteiger partial charge in [-0.25, -0.2) is 0 Å². The molecular weight excluding hydrogens is 264 g/mol. The van der Waals surface area contributed by atoms with Crippen LogP contribution in [-0.2, 0) is 11.3 Å². The zero-order valence-electron chi connectivity index (χ0n) is 12.8. The predicted molar refractivity (Wildman–Crippen MR) is 84.6 cm³/mol. The minimum atomic E-state index is -0.890. The van der Waals surface area contributed by atoms with E-state index in [9.17, 15) is 10.2 Å². The van der Waals surface area contributed by atoms with Gasteiger partial charge in [0.15, 0.2) is 0 Å². The molecule has 0 unspecified atom stereocenters. The van der Waals surface area contributed by atoms with Gasteiger partial charge in [0.25, 0.3) is 0 Å². The number of ether oxygens (including phenoxy) is 1. The molecule has 21 heavy (non-hydrogen) atoms. The van der Waals surface area contributed by atoms with Gasteiger partial charge in [0.05, 0.1) is 19.3 Å². The van der Waals surface area contributed by atoms with Crippen molar-refractivity contribution in [3.63, 3.8) is 0 Å². The average Bonchev–Trinajstić information content (AvgIpc) is 2.51. The summed E-state index contributed by atoms with van der Waals surface area (Å²) in [5.41, 5.74) is 1.05. The van der Waals surface area contributed by atoms with Crippen LogP contribution in [0.4, 0.5) is 0 Å². The van der Waals surface area contributed by atoms with E-state index in [4.69, 9.17) is 4.74 Å². The topological polar surface area (TPSA) is 49.7 Å². The maximum absolute atomic E-state index is 9.79. The quantitative estimate of drug-likeness (QED) is 0.543. The lowest BCUT2D eigenvalue weighted by Crippen LogP contribution is -2.30. The fourth-order valence-corrected chi connectivity index (χ4v) is 1.85. The Morgan fingerprint density at radius 2 is 1.81 bits per heavy atom. The van der Waals surface area contributed by atoms with Crippen LogP contribution in [0, 0.1) is 11.8 Å². The van der Waals surface area contributed by atoms with E-state index in [0.717, 1.165) is 18.4 Å². The molecule has 0 heterocycles. The molecule has 0 amide bonds. The van der Waals surface area contributed by atoms with Crippen molar-refractivity contribution in [2.45, 2.75) is 57.8 Å². The molecule has 116 valence electrons. The van der Waals surface area contributed by atoms with Crippen LogP contribution in [0.5, 0.6) is 0 Å². The molecule has 1 aromatic rings. The third-order valence-corrected chi connectivity index (χ3v) is 3.19. The van der Waals surface area contributed by atoms with Gasteiger partial charge >= 0.3 is 0 Å². The largest absolute Gasteiger partial charge is 0.389 e. The van der Waals surface area contributed by atoms with Gasteiger partial charge in [0.2, 0.25) is 0 Å². The maximum Gasteiger partial charge on any atom is 0.104 e. The molecule has 3 nitrogen and oxygen atoms in total. The van der Waals surface area contributed by atoms with Crippen molar-refractivity contribution in [1.29, 1.82) is 0 Å². The average molecular weight is 290 g/mol. The fraction of sp³-hybridized carbons (Fsp3) is 0.556. The van der Waals surface area contributed by atoms with Crippen molar-refractivity contribution >= 4 is 0 Å². The lowest BCUT2D eigenvalue weighted by atomic mass is 10.1. The zero-order valence-corrected chi connectivity index (χ0v) is 12.8. The smallest absolute Gasteiger partial charge is 0.104 e. The van der Waals surface area contributed by atoms with Crippen LogP contribution in [-0.4, -0.2) is 29.0 Å². The summed E-state index contributed by atoms with van der Waals surface area (Å²) in [5.74, 6) is 5.94. The zero-order chi connectivity index (χ0) is 15.3. The second-order valence-corrected chi connectivity index (χ2v) is 5.15. The Morgan fingerprint density at radius 1 is 1.05 bits per heavy atom. The van der Waals surface area contributed by atoms with E-state index < -0.39 is 12.2 Å². The summed E-state index contributed by atoms with van der Waals surface area (Å²) in [6.07, 6.45) is 2.89. The van der Waals surface area contributed by atoms with Gasteiger partial charge < -0.3 is 14.9 Å². The molecular formula is C18H26O3. The van der Waals surface area contributed by atoms with Crippen LogP contribution in [0.3, 0.4) is 0 Å². The highest BCUT2D eigenvalue weighted by molar-refractivity contribution is 5.13. The Hall–Kier alpha value is -1.34.